The van der Waals surface area contributed by atoms with E-state index in [1.54, 1.807) is 0 Å². The predicted octanol–water partition coefficient (Wildman–Crippen LogP) is 14.0. The molecule has 0 spiro atoms. The van der Waals surface area contributed by atoms with Gasteiger partial charge in [-0.1, -0.05) is 125 Å². The Hall–Kier alpha value is -5.08. The minimum Gasteiger partial charge on any atom is -0.313 e. The monoisotopic (exact) mass is 640 g/mol. The largest absolute Gasteiger partial charge is 0.313 e. The third-order valence-electron chi connectivity index (χ3n) is 10.3. The van der Waals surface area contributed by atoms with E-state index in [0.717, 1.165) is 17.8 Å². The smallest absolute Gasteiger partial charge is 0.0620 e. The quantitative estimate of drug-likeness (QED) is 0.121. The summed E-state index contributed by atoms with van der Waals surface area (Å²) in [6.07, 6.45) is 5.66. The van der Waals surface area contributed by atoms with Crippen LogP contribution in [0.25, 0.3) is 21.5 Å². The highest BCUT2D eigenvalue weighted by atomic mass is 15.2. The van der Waals surface area contributed by atoms with Crippen molar-refractivity contribution in [1.82, 2.24) is 0 Å². The summed E-state index contributed by atoms with van der Waals surface area (Å²) >= 11 is 0. The first-order valence-corrected chi connectivity index (χ1v) is 17.9. The van der Waals surface area contributed by atoms with Gasteiger partial charge >= 0.3 is 0 Å². The van der Waals surface area contributed by atoms with Gasteiger partial charge in [0.1, 0.15) is 0 Å². The van der Waals surface area contributed by atoms with Gasteiger partial charge in [-0.15, -0.1) is 0 Å². The zero-order chi connectivity index (χ0) is 34.2. The van der Waals surface area contributed by atoms with Crippen molar-refractivity contribution in [3.8, 4) is 0 Å². The molecule has 1 atom stereocenters. The lowest BCUT2D eigenvalue weighted by atomic mass is 9.88. The van der Waals surface area contributed by atoms with Crippen LogP contribution in [-0.4, -0.2) is 0 Å². The first-order chi connectivity index (χ1) is 23.7. The molecule has 2 heteroatoms. The van der Waals surface area contributed by atoms with Crippen LogP contribution in [0.3, 0.4) is 0 Å². The number of anilines is 5. The van der Waals surface area contributed by atoms with Crippen LogP contribution in [0.5, 0.6) is 0 Å². The van der Waals surface area contributed by atoms with Crippen molar-refractivity contribution in [1.29, 1.82) is 0 Å². The lowest BCUT2D eigenvalue weighted by Gasteiger charge is -2.35. The average Bonchev–Trinajstić information content (AvgIpc) is 3.12. The van der Waals surface area contributed by atoms with Crippen molar-refractivity contribution in [2.75, 3.05) is 9.80 Å². The summed E-state index contributed by atoms with van der Waals surface area (Å²) in [6, 6.07) is 45.2. The van der Waals surface area contributed by atoms with Gasteiger partial charge in [-0.25, -0.2) is 0 Å². The molecule has 7 rings (SSSR count). The second-order valence-electron chi connectivity index (χ2n) is 14.5. The van der Waals surface area contributed by atoms with E-state index in [0.29, 0.717) is 17.8 Å². The normalized spacial score (nSPS) is 14.8. The van der Waals surface area contributed by atoms with Crippen LogP contribution in [0, 0.1) is 12.8 Å². The number of rotatable bonds is 8. The van der Waals surface area contributed by atoms with E-state index in [9.17, 15) is 0 Å². The van der Waals surface area contributed by atoms with Gasteiger partial charge in [0.15, 0.2) is 0 Å². The highest BCUT2D eigenvalue weighted by Crippen LogP contribution is 2.51. The molecule has 1 aliphatic rings. The SMILES string of the molecule is CC1=CC=C(N(c2ccccc2)c2c3cc(C(C)C)ccc3c(N(c3ccccc3)c3ccc(C)cc3)c3cc(C(C)C)ccc23)CC1C. The first kappa shape index (κ1) is 32.5. The average molecular weight is 641 g/mol. The van der Waals surface area contributed by atoms with Crippen LogP contribution in [0.15, 0.2) is 145 Å². The van der Waals surface area contributed by atoms with Crippen molar-refractivity contribution in [2.24, 2.45) is 5.92 Å². The fraction of sp³-hybridized carbons (Fsp3) is 0.234. The zero-order valence-electron chi connectivity index (χ0n) is 30.0. The van der Waals surface area contributed by atoms with Gasteiger partial charge in [0.25, 0.3) is 0 Å². The van der Waals surface area contributed by atoms with E-state index < -0.39 is 0 Å². The Bertz CT molecular complexity index is 2170. The molecule has 0 fully saturated rings. The zero-order valence-corrected chi connectivity index (χ0v) is 30.0. The highest BCUT2D eigenvalue weighted by molar-refractivity contribution is 6.23. The second kappa shape index (κ2) is 13.4. The van der Waals surface area contributed by atoms with Crippen LogP contribution < -0.4 is 9.80 Å². The molecule has 49 heavy (non-hydrogen) atoms. The number of fused-ring (bicyclic) bond motifs is 2. The van der Waals surface area contributed by atoms with Crippen molar-refractivity contribution < 1.29 is 0 Å². The summed E-state index contributed by atoms with van der Waals surface area (Å²) < 4.78 is 0. The molecule has 0 amide bonds. The molecule has 6 aromatic carbocycles. The van der Waals surface area contributed by atoms with Crippen LogP contribution in [-0.2, 0) is 0 Å². The van der Waals surface area contributed by atoms with E-state index in [1.165, 1.54) is 66.6 Å². The molecule has 0 aromatic heterocycles. The molecule has 0 saturated carbocycles. The van der Waals surface area contributed by atoms with Gasteiger partial charge in [0.05, 0.1) is 11.4 Å². The fourth-order valence-corrected chi connectivity index (χ4v) is 7.21. The van der Waals surface area contributed by atoms with Gasteiger partial charge in [-0.3, -0.25) is 0 Å². The van der Waals surface area contributed by atoms with Crippen molar-refractivity contribution in [3.05, 3.63) is 161 Å². The number of allylic oxidation sites excluding steroid dienone is 4. The van der Waals surface area contributed by atoms with Crippen LogP contribution in [0.2, 0.25) is 0 Å². The standard InChI is InChI=1S/C47H48N2/c1-31(2)36-22-27-43-44(29-36)46(48(38-14-10-8-11-15-38)40-23-18-33(5)19-24-40)42-26-21-37(32(3)4)30-45(42)47(43)49(39-16-12-9-13-17-39)41-25-20-34(6)35(7)28-41/h8-27,29-32,35H,28H2,1-7H3. The van der Waals surface area contributed by atoms with Crippen LogP contribution >= 0.6 is 0 Å². The number of nitrogens with zero attached hydrogens (tertiary/aromatic N) is 2. The Morgan fingerprint density at radius 2 is 0.980 bits per heavy atom. The molecular weight excluding hydrogens is 593 g/mol. The van der Waals surface area contributed by atoms with E-state index >= 15 is 0 Å². The molecule has 0 aliphatic heterocycles. The molecule has 1 aliphatic carbocycles. The number of hydrogen-bond donors (Lipinski definition) is 0. The topological polar surface area (TPSA) is 6.48 Å². The van der Waals surface area contributed by atoms with Gasteiger partial charge in [0, 0.05) is 44.3 Å². The summed E-state index contributed by atoms with van der Waals surface area (Å²) in [7, 11) is 0. The molecule has 0 radical (unpaired) electrons. The maximum Gasteiger partial charge on any atom is 0.0620 e. The second-order valence-corrected chi connectivity index (χ2v) is 14.5. The third-order valence-corrected chi connectivity index (χ3v) is 10.3. The van der Waals surface area contributed by atoms with Gasteiger partial charge < -0.3 is 9.80 Å². The molecule has 0 saturated heterocycles. The van der Waals surface area contributed by atoms with Crippen molar-refractivity contribution in [2.45, 2.75) is 66.7 Å². The van der Waals surface area contributed by atoms with E-state index in [4.69, 9.17) is 0 Å². The Morgan fingerprint density at radius 3 is 1.47 bits per heavy atom. The summed E-state index contributed by atoms with van der Waals surface area (Å²) in [5, 5.41) is 5.02. The lowest BCUT2D eigenvalue weighted by molar-refractivity contribution is 0.654. The summed E-state index contributed by atoms with van der Waals surface area (Å²) in [4.78, 5) is 5.04. The Morgan fingerprint density at radius 1 is 0.510 bits per heavy atom. The maximum absolute atomic E-state index is 2.56. The number of hydrogen-bond acceptors (Lipinski definition) is 2. The van der Waals surface area contributed by atoms with Crippen LogP contribution in [0.4, 0.5) is 28.4 Å². The number of aryl methyl sites for hydroxylation is 1. The molecule has 0 heterocycles. The minimum absolute atomic E-state index is 0.393. The molecule has 0 bridgehead atoms. The van der Waals surface area contributed by atoms with Gasteiger partial charge in [-0.05, 0) is 104 Å². The predicted molar refractivity (Wildman–Crippen MR) is 213 cm³/mol. The molecule has 246 valence electrons. The first-order valence-electron chi connectivity index (χ1n) is 17.9. The molecule has 1 unspecified atom stereocenters. The number of para-hydroxylation sites is 2. The number of benzene rings is 6. The fourth-order valence-electron chi connectivity index (χ4n) is 7.21. The highest BCUT2D eigenvalue weighted by Gasteiger charge is 2.28. The Balaban J connectivity index is 1.67. The summed E-state index contributed by atoms with van der Waals surface area (Å²) in [5.41, 5.74) is 12.6. The molecule has 2 nitrogen and oxygen atoms in total. The van der Waals surface area contributed by atoms with Crippen LogP contribution in [0.1, 0.15) is 76.5 Å². The molecular formula is C47H48N2. The van der Waals surface area contributed by atoms with Crippen molar-refractivity contribution >= 4 is 50.0 Å². The third kappa shape index (κ3) is 6.17. The Labute approximate surface area is 293 Å². The summed E-state index contributed by atoms with van der Waals surface area (Å²) in [5.74, 6) is 1.26. The maximum atomic E-state index is 2.56. The lowest BCUT2D eigenvalue weighted by Crippen LogP contribution is -2.21. The van der Waals surface area contributed by atoms with Gasteiger partial charge in [0.2, 0.25) is 0 Å². The molecule has 6 aromatic rings. The molecule has 0 N–H and O–H groups in total. The minimum atomic E-state index is 0.393. The summed E-state index contributed by atoms with van der Waals surface area (Å²) in [6.45, 7) is 16.0. The van der Waals surface area contributed by atoms with Gasteiger partial charge in [-0.2, -0.15) is 0 Å². The van der Waals surface area contributed by atoms with Crippen molar-refractivity contribution in [3.63, 3.8) is 0 Å². The van der Waals surface area contributed by atoms with E-state index in [2.05, 4.69) is 192 Å². The van der Waals surface area contributed by atoms with E-state index in [-0.39, 0.29) is 0 Å². The van der Waals surface area contributed by atoms with E-state index in [1.807, 2.05) is 0 Å². The Kier molecular flexibility index (Phi) is 8.90.